The van der Waals surface area contributed by atoms with E-state index in [1.165, 1.54) is 6.08 Å². The first-order valence-corrected chi connectivity index (χ1v) is 6.39. The van der Waals surface area contributed by atoms with E-state index in [4.69, 9.17) is 16.7 Å². The maximum atomic E-state index is 10.4. The molecule has 2 aromatic carbocycles. The van der Waals surface area contributed by atoms with E-state index in [-0.39, 0.29) is 0 Å². The highest BCUT2D eigenvalue weighted by molar-refractivity contribution is 6.30. The summed E-state index contributed by atoms with van der Waals surface area (Å²) in [5.74, 6) is -1.08. The van der Waals surface area contributed by atoms with Crippen LogP contribution in [0.2, 0.25) is 5.02 Å². The van der Waals surface area contributed by atoms with Crippen LogP contribution < -0.4 is 0 Å². The first-order valence-electron chi connectivity index (χ1n) is 6.01. The van der Waals surface area contributed by atoms with E-state index in [9.17, 15) is 9.90 Å². The fourth-order valence-corrected chi connectivity index (χ4v) is 1.93. The molecular formula is C16H13ClO3. The number of aliphatic hydroxyl groups is 1. The van der Waals surface area contributed by atoms with Crippen molar-refractivity contribution in [3.05, 3.63) is 71.3 Å². The molecule has 102 valence electrons. The summed E-state index contributed by atoms with van der Waals surface area (Å²) < 4.78 is 0. The quantitative estimate of drug-likeness (QED) is 0.844. The van der Waals surface area contributed by atoms with E-state index in [0.29, 0.717) is 10.6 Å². The van der Waals surface area contributed by atoms with Gasteiger partial charge in [-0.05, 0) is 34.9 Å². The van der Waals surface area contributed by atoms with Crippen LogP contribution >= 0.6 is 11.6 Å². The predicted octanol–water partition coefficient (Wildman–Crippen LogP) is 3.68. The second-order valence-electron chi connectivity index (χ2n) is 4.27. The van der Waals surface area contributed by atoms with Gasteiger partial charge in [0, 0.05) is 11.1 Å². The molecule has 20 heavy (non-hydrogen) atoms. The Kier molecular flexibility index (Phi) is 4.56. The van der Waals surface area contributed by atoms with Gasteiger partial charge in [-0.3, -0.25) is 0 Å². The molecule has 0 aliphatic carbocycles. The third-order valence-electron chi connectivity index (χ3n) is 2.85. The van der Waals surface area contributed by atoms with Gasteiger partial charge in [-0.1, -0.05) is 48.0 Å². The Hall–Kier alpha value is -2.10. The molecule has 0 aliphatic heterocycles. The number of halogens is 1. The van der Waals surface area contributed by atoms with E-state index in [2.05, 4.69) is 0 Å². The van der Waals surface area contributed by atoms with Crippen LogP contribution in [0.4, 0.5) is 0 Å². The number of aliphatic carboxylic acids is 1. The van der Waals surface area contributed by atoms with Gasteiger partial charge >= 0.3 is 5.97 Å². The summed E-state index contributed by atoms with van der Waals surface area (Å²) >= 11 is 5.84. The summed E-state index contributed by atoms with van der Waals surface area (Å²) in [5.41, 5.74) is 2.66. The Morgan fingerprint density at radius 3 is 2.00 bits per heavy atom. The van der Waals surface area contributed by atoms with Gasteiger partial charge in [0.1, 0.15) is 0 Å². The van der Waals surface area contributed by atoms with Crippen molar-refractivity contribution in [2.24, 2.45) is 0 Å². The molecule has 0 radical (unpaired) electrons. The monoisotopic (exact) mass is 288 g/mol. The van der Waals surface area contributed by atoms with Crippen LogP contribution in [0.1, 0.15) is 11.7 Å². The Morgan fingerprint density at radius 2 is 1.50 bits per heavy atom. The van der Waals surface area contributed by atoms with Gasteiger partial charge in [0.15, 0.2) is 0 Å². The standard InChI is InChI=1S/C16H13ClO3/c17-14-7-5-12(6-8-14)11-1-3-13(4-2-11)15(18)9-10-16(19)20/h1-10,15,18H,(H,19,20). The number of benzene rings is 2. The lowest BCUT2D eigenvalue weighted by molar-refractivity contribution is -0.131. The molecule has 0 saturated carbocycles. The molecule has 1 atom stereocenters. The minimum atomic E-state index is -1.08. The average Bonchev–Trinajstić information content (AvgIpc) is 2.46. The number of carboxylic acids is 1. The largest absolute Gasteiger partial charge is 0.478 e. The van der Waals surface area contributed by atoms with Gasteiger partial charge in [0.05, 0.1) is 6.10 Å². The highest BCUT2D eigenvalue weighted by atomic mass is 35.5. The molecule has 0 heterocycles. The summed E-state index contributed by atoms with van der Waals surface area (Å²) in [6, 6.07) is 14.7. The van der Waals surface area contributed by atoms with Crippen LogP contribution in [-0.4, -0.2) is 16.2 Å². The van der Waals surface area contributed by atoms with Crippen molar-refractivity contribution in [2.45, 2.75) is 6.10 Å². The molecule has 0 bridgehead atoms. The van der Waals surface area contributed by atoms with Crippen LogP contribution in [0.15, 0.2) is 60.7 Å². The summed E-state index contributed by atoms with van der Waals surface area (Å²) in [6.07, 6.45) is 1.24. The molecule has 2 aromatic rings. The molecule has 0 spiro atoms. The topological polar surface area (TPSA) is 57.5 Å². The van der Waals surface area contributed by atoms with Gasteiger partial charge in [-0.15, -0.1) is 0 Å². The lowest BCUT2D eigenvalue weighted by atomic mass is 10.0. The number of rotatable bonds is 4. The van der Waals surface area contributed by atoms with Crippen molar-refractivity contribution in [1.29, 1.82) is 0 Å². The van der Waals surface area contributed by atoms with E-state index >= 15 is 0 Å². The average molecular weight is 289 g/mol. The van der Waals surface area contributed by atoms with Crippen molar-refractivity contribution < 1.29 is 15.0 Å². The maximum Gasteiger partial charge on any atom is 0.328 e. The third-order valence-corrected chi connectivity index (χ3v) is 3.10. The van der Waals surface area contributed by atoms with Crippen molar-refractivity contribution in [3.63, 3.8) is 0 Å². The summed E-state index contributed by atoms with van der Waals surface area (Å²) in [6.45, 7) is 0. The normalized spacial score (nSPS) is 12.5. The Morgan fingerprint density at radius 1 is 1.00 bits per heavy atom. The molecule has 0 saturated heterocycles. The number of hydrogen-bond donors (Lipinski definition) is 2. The minimum Gasteiger partial charge on any atom is -0.478 e. The van der Waals surface area contributed by atoms with Gasteiger partial charge < -0.3 is 10.2 Å². The Balaban J connectivity index is 2.17. The smallest absolute Gasteiger partial charge is 0.328 e. The molecule has 1 unspecified atom stereocenters. The van der Waals surface area contributed by atoms with Gasteiger partial charge in [0.25, 0.3) is 0 Å². The molecule has 2 rings (SSSR count). The number of carbonyl (C=O) groups is 1. The van der Waals surface area contributed by atoms with Crippen LogP contribution in [0.5, 0.6) is 0 Å². The van der Waals surface area contributed by atoms with E-state index in [1.54, 1.807) is 12.1 Å². The van der Waals surface area contributed by atoms with Crippen molar-refractivity contribution in [3.8, 4) is 11.1 Å². The number of hydrogen-bond acceptors (Lipinski definition) is 2. The highest BCUT2D eigenvalue weighted by Gasteiger charge is 2.05. The Bertz CT molecular complexity index is 615. The second-order valence-corrected chi connectivity index (χ2v) is 4.71. The molecular weight excluding hydrogens is 276 g/mol. The lowest BCUT2D eigenvalue weighted by Crippen LogP contribution is -1.95. The van der Waals surface area contributed by atoms with Gasteiger partial charge in [0.2, 0.25) is 0 Å². The van der Waals surface area contributed by atoms with Crippen LogP contribution in [0.3, 0.4) is 0 Å². The minimum absolute atomic E-state index is 0.639. The summed E-state index contributed by atoms with van der Waals surface area (Å²) in [7, 11) is 0. The van der Waals surface area contributed by atoms with E-state index < -0.39 is 12.1 Å². The van der Waals surface area contributed by atoms with Gasteiger partial charge in [-0.2, -0.15) is 0 Å². The molecule has 0 aliphatic rings. The molecule has 3 nitrogen and oxygen atoms in total. The Labute approximate surface area is 121 Å². The summed E-state index contributed by atoms with van der Waals surface area (Å²) in [4.78, 5) is 10.4. The first-order chi connectivity index (χ1) is 9.56. The zero-order valence-corrected chi connectivity index (χ0v) is 11.3. The van der Waals surface area contributed by atoms with Crippen LogP contribution in [0, 0.1) is 0 Å². The van der Waals surface area contributed by atoms with Crippen molar-refractivity contribution in [1.82, 2.24) is 0 Å². The molecule has 4 heteroatoms. The van der Waals surface area contributed by atoms with Crippen LogP contribution in [0.25, 0.3) is 11.1 Å². The van der Waals surface area contributed by atoms with Crippen molar-refractivity contribution in [2.75, 3.05) is 0 Å². The predicted molar refractivity (Wildman–Crippen MR) is 78.6 cm³/mol. The molecule has 0 aromatic heterocycles. The molecule has 0 fully saturated rings. The zero-order valence-electron chi connectivity index (χ0n) is 10.5. The van der Waals surface area contributed by atoms with Crippen molar-refractivity contribution >= 4 is 17.6 Å². The fourth-order valence-electron chi connectivity index (χ4n) is 1.80. The second kappa shape index (κ2) is 6.37. The lowest BCUT2D eigenvalue weighted by Gasteiger charge is -2.07. The third kappa shape index (κ3) is 3.70. The SMILES string of the molecule is O=C(O)C=CC(O)c1ccc(-c2ccc(Cl)cc2)cc1. The summed E-state index contributed by atoms with van der Waals surface area (Å²) in [5, 5.41) is 19.0. The zero-order chi connectivity index (χ0) is 14.5. The number of aliphatic hydroxyl groups excluding tert-OH is 1. The number of carboxylic acid groups (broad SMARTS) is 1. The first kappa shape index (κ1) is 14.3. The molecule has 0 amide bonds. The fraction of sp³-hybridized carbons (Fsp3) is 0.0625. The van der Waals surface area contributed by atoms with E-state index in [1.807, 2.05) is 36.4 Å². The maximum absolute atomic E-state index is 10.4. The van der Waals surface area contributed by atoms with Gasteiger partial charge in [-0.25, -0.2) is 4.79 Å². The van der Waals surface area contributed by atoms with E-state index in [0.717, 1.165) is 17.2 Å². The van der Waals surface area contributed by atoms with Crippen LogP contribution in [-0.2, 0) is 4.79 Å². The highest BCUT2D eigenvalue weighted by Crippen LogP contribution is 2.23. The molecule has 2 N–H and O–H groups in total.